The lowest BCUT2D eigenvalue weighted by Crippen LogP contribution is -2.33. The molecule has 1 atom stereocenters. The van der Waals surface area contributed by atoms with E-state index < -0.39 is 0 Å². The highest BCUT2D eigenvalue weighted by Crippen LogP contribution is 2.32. The number of nitrogens with two attached hydrogens (primary N) is 1. The van der Waals surface area contributed by atoms with E-state index in [0.717, 1.165) is 30.2 Å². The highest BCUT2D eigenvalue weighted by molar-refractivity contribution is 5.42. The van der Waals surface area contributed by atoms with E-state index in [1.165, 1.54) is 0 Å². The number of ether oxygens (including phenoxy) is 2. The molecule has 0 aliphatic heterocycles. The summed E-state index contributed by atoms with van der Waals surface area (Å²) in [6, 6.07) is 6.00. The largest absolute Gasteiger partial charge is 0.497 e. The third-order valence-corrected chi connectivity index (χ3v) is 3.27. The summed E-state index contributed by atoms with van der Waals surface area (Å²) >= 11 is 0. The van der Waals surface area contributed by atoms with Crippen molar-refractivity contribution >= 4 is 0 Å². The molecule has 4 heteroatoms. The zero-order valence-corrected chi connectivity index (χ0v) is 11.8. The number of benzene rings is 1. The first-order valence-electron chi connectivity index (χ1n) is 6.37. The SMILES string of the molecule is CCN(CC)[C@@H](CN)c1cc(OC)ccc1OC. The van der Waals surface area contributed by atoms with Gasteiger partial charge < -0.3 is 15.2 Å². The molecule has 2 N–H and O–H groups in total. The Kier molecular flexibility index (Phi) is 5.95. The number of hydrogen-bond acceptors (Lipinski definition) is 4. The first-order valence-corrected chi connectivity index (χ1v) is 6.37. The van der Waals surface area contributed by atoms with Gasteiger partial charge in [0.15, 0.2) is 0 Å². The minimum atomic E-state index is 0.157. The Morgan fingerprint density at radius 3 is 2.28 bits per heavy atom. The van der Waals surface area contributed by atoms with Crippen LogP contribution in [-0.2, 0) is 0 Å². The van der Waals surface area contributed by atoms with Crippen LogP contribution in [0.15, 0.2) is 18.2 Å². The van der Waals surface area contributed by atoms with Crippen molar-refractivity contribution in [1.82, 2.24) is 4.90 Å². The molecule has 1 aromatic carbocycles. The fourth-order valence-corrected chi connectivity index (χ4v) is 2.24. The Balaban J connectivity index is 3.16. The van der Waals surface area contributed by atoms with E-state index in [0.29, 0.717) is 6.54 Å². The van der Waals surface area contributed by atoms with Crippen LogP contribution in [0.25, 0.3) is 0 Å². The molecule has 0 aliphatic carbocycles. The topological polar surface area (TPSA) is 47.7 Å². The van der Waals surface area contributed by atoms with Crippen LogP contribution in [0.4, 0.5) is 0 Å². The third kappa shape index (κ3) is 3.15. The van der Waals surface area contributed by atoms with Crippen LogP contribution in [-0.4, -0.2) is 38.8 Å². The smallest absolute Gasteiger partial charge is 0.123 e. The molecule has 0 saturated carbocycles. The van der Waals surface area contributed by atoms with E-state index in [1.807, 2.05) is 18.2 Å². The Hall–Kier alpha value is -1.26. The summed E-state index contributed by atoms with van der Waals surface area (Å²) < 4.78 is 10.7. The van der Waals surface area contributed by atoms with Crippen LogP contribution in [0.2, 0.25) is 0 Å². The molecule has 0 amide bonds. The Morgan fingerprint density at radius 1 is 1.17 bits per heavy atom. The van der Waals surface area contributed by atoms with Crippen molar-refractivity contribution in [2.45, 2.75) is 19.9 Å². The van der Waals surface area contributed by atoms with Gasteiger partial charge in [0.1, 0.15) is 11.5 Å². The molecular weight excluding hydrogens is 228 g/mol. The highest BCUT2D eigenvalue weighted by atomic mass is 16.5. The van der Waals surface area contributed by atoms with Crippen molar-refractivity contribution in [2.75, 3.05) is 33.9 Å². The van der Waals surface area contributed by atoms with E-state index in [-0.39, 0.29) is 6.04 Å². The molecular formula is C14H24N2O2. The maximum absolute atomic E-state index is 5.93. The van der Waals surface area contributed by atoms with Gasteiger partial charge in [-0.3, -0.25) is 4.90 Å². The molecule has 102 valence electrons. The van der Waals surface area contributed by atoms with E-state index in [4.69, 9.17) is 15.2 Å². The molecule has 0 bridgehead atoms. The van der Waals surface area contributed by atoms with Crippen LogP contribution >= 0.6 is 0 Å². The minimum Gasteiger partial charge on any atom is -0.497 e. The molecule has 1 aromatic rings. The first kappa shape index (κ1) is 14.8. The molecule has 0 aliphatic rings. The molecule has 0 fully saturated rings. The summed E-state index contributed by atoms with van der Waals surface area (Å²) in [5.74, 6) is 1.69. The Labute approximate surface area is 110 Å². The summed E-state index contributed by atoms with van der Waals surface area (Å²) in [6.07, 6.45) is 0. The lowest BCUT2D eigenvalue weighted by Gasteiger charge is -2.30. The molecule has 4 nitrogen and oxygen atoms in total. The summed E-state index contributed by atoms with van der Waals surface area (Å²) in [6.45, 7) is 6.75. The van der Waals surface area contributed by atoms with Crippen molar-refractivity contribution < 1.29 is 9.47 Å². The van der Waals surface area contributed by atoms with Crippen LogP contribution in [0.5, 0.6) is 11.5 Å². The van der Waals surface area contributed by atoms with Crippen LogP contribution in [0.1, 0.15) is 25.5 Å². The second-order valence-corrected chi connectivity index (χ2v) is 4.08. The predicted molar refractivity (Wildman–Crippen MR) is 74.3 cm³/mol. The van der Waals surface area contributed by atoms with Gasteiger partial charge in [0.2, 0.25) is 0 Å². The molecule has 0 spiro atoms. The van der Waals surface area contributed by atoms with Gasteiger partial charge in [-0.1, -0.05) is 13.8 Å². The third-order valence-electron chi connectivity index (χ3n) is 3.27. The van der Waals surface area contributed by atoms with Gasteiger partial charge in [-0.2, -0.15) is 0 Å². The average Bonchev–Trinajstić information content (AvgIpc) is 2.43. The molecule has 0 aromatic heterocycles. The van der Waals surface area contributed by atoms with Gasteiger partial charge >= 0.3 is 0 Å². The second kappa shape index (κ2) is 7.24. The average molecular weight is 252 g/mol. The Morgan fingerprint density at radius 2 is 1.83 bits per heavy atom. The normalized spacial score (nSPS) is 12.6. The van der Waals surface area contributed by atoms with Crippen LogP contribution < -0.4 is 15.2 Å². The molecule has 0 heterocycles. The van der Waals surface area contributed by atoms with Crippen molar-refractivity contribution in [3.8, 4) is 11.5 Å². The molecule has 0 radical (unpaired) electrons. The number of nitrogens with zero attached hydrogens (tertiary/aromatic N) is 1. The van der Waals surface area contributed by atoms with Gasteiger partial charge in [0.25, 0.3) is 0 Å². The van der Waals surface area contributed by atoms with Gasteiger partial charge in [0, 0.05) is 12.1 Å². The second-order valence-electron chi connectivity index (χ2n) is 4.08. The van der Waals surface area contributed by atoms with Gasteiger partial charge in [0.05, 0.1) is 20.3 Å². The molecule has 18 heavy (non-hydrogen) atoms. The minimum absolute atomic E-state index is 0.157. The fraction of sp³-hybridized carbons (Fsp3) is 0.571. The Bertz CT molecular complexity index is 365. The van der Waals surface area contributed by atoms with Gasteiger partial charge in [-0.05, 0) is 31.3 Å². The number of likely N-dealkylation sites (N-methyl/N-ethyl adjacent to an activating group) is 1. The fourth-order valence-electron chi connectivity index (χ4n) is 2.24. The summed E-state index contributed by atoms with van der Waals surface area (Å²) in [5.41, 5.74) is 7.02. The molecule has 1 rings (SSSR count). The van der Waals surface area contributed by atoms with E-state index >= 15 is 0 Å². The lowest BCUT2D eigenvalue weighted by molar-refractivity contribution is 0.219. The maximum Gasteiger partial charge on any atom is 0.123 e. The van der Waals surface area contributed by atoms with Gasteiger partial charge in [-0.15, -0.1) is 0 Å². The maximum atomic E-state index is 5.93. The first-order chi connectivity index (χ1) is 8.71. The number of hydrogen-bond donors (Lipinski definition) is 1. The lowest BCUT2D eigenvalue weighted by atomic mass is 10.0. The van der Waals surface area contributed by atoms with E-state index in [2.05, 4.69) is 18.7 Å². The van der Waals surface area contributed by atoms with Crippen LogP contribution in [0.3, 0.4) is 0 Å². The summed E-state index contributed by atoms with van der Waals surface area (Å²) in [7, 11) is 3.35. The van der Waals surface area contributed by atoms with E-state index in [1.54, 1.807) is 14.2 Å². The van der Waals surface area contributed by atoms with Crippen LogP contribution in [0, 0.1) is 0 Å². The number of methoxy groups -OCH3 is 2. The summed E-state index contributed by atoms with van der Waals surface area (Å²) in [5, 5.41) is 0. The van der Waals surface area contributed by atoms with Crippen molar-refractivity contribution in [2.24, 2.45) is 5.73 Å². The molecule has 0 unspecified atom stereocenters. The van der Waals surface area contributed by atoms with Crippen molar-refractivity contribution in [1.29, 1.82) is 0 Å². The van der Waals surface area contributed by atoms with Crippen molar-refractivity contribution in [3.05, 3.63) is 23.8 Å². The van der Waals surface area contributed by atoms with E-state index in [9.17, 15) is 0 Å². The standard InChI is InChI=1S/C14H24N2O2/c1-5-16(6-2)13(10-15)12-9-11(17-3)7-8-14(12)18-4/h7-9,13H,5-6,10,15H2,1-4H3/t13-/m0/s1. The zero-order valence-electron chi connectivity index (χ0n) is 11.8. The van der Waals surface area contributed by atoms with Crippen molar-refractivity contribution in [3.63, 3.8) is 0 Å². The predicted octanol–water partition coefficient (Wildman–Crippen LogP) is 2.05. The highest BCUT2D eigenvalue weighted by Gasteiger charge is 2.20. The summed E-state index contributed by atoms with van der Waals surface area (Å²) in [4.78, 5) is 2.32. The molecule has 0 saturated heterocycles. The number of rotatable bonds is 7. The zero-order chi connectivity index (χ0) is 13.5. The monoisotopic (exact) mass is 252 g/mol. The van der Waals surface area contributed by atoms with Gasteiger partial charge in [-0.25, -0.2) is 0 Å². The quantitative estimate of drug-likeness (QED) is 0.807.